The molecule has 0 spiro atoms. The predicted octanol–water partition coefficient (Wildman–Crippen LogP) is 3.27. The van der Waals surface area contributed by atoms with Gasteiger partial charge in [-0.05, 0) is 30.3 Å². The molecule has 0 fully saturated rings. The van der Waals surface area contributed by atoms with Crippen molar-refractivity contribution in [3.8, 4) is 0 Å². The van der Waals surface area contributed by atoms with E-state index in [2.05, 4.69) is 10.1 Å². The van der Waals surface area contributed by atoms with Crippen LogP contribution in [0.1, 0.15) is 36.6 Å². The Hall–Kier alpha value is -3.16. The van der Waals surface area contributed by atoms with Gasteiger partial charge in [-0.25, -0.2) is 9.59 Å². The van der Waals surface area contributed by atoms with E-state index in [0.717, 1.165) is 18.2 Å². The van der Waals surface area contributed by atoms with Gasteiger partial charge in [0.15, 0.2) is 0 Å². The van der Waals surface area contributed by atoms with Crippen molar-refractivity contribution in [2.75, 3.05) is 5.32 Å². The number of fused-ring (bicyclic) bond motifs is 1. The maximum absolute atomic E-state index is 12.7. The first-order chi connectivity index (χ1) is 11.3. The number of alkyl halides is 3. The van der Waals surface area contributed by atoms with Crippen LogP contribution >= 0.6 is 0 Å². The molecule has 0 saturated carbocycles. The highest BCUT2D eigenvalue weighted by Crippen LogP contribution is 2.31. The van der Waals surface area contributed by atoms with Crippen LogP contribution in [0.3, 0.4) is 0 Å². The molecule has 0 unspecified atom stereocenters. The molecule has 1 aliphatic heterocycles. The number of rotatable bonds is 2. The van der Waals surface area contributed by atoms with Crippen molar-refractivity contribution >= 4 is 23.5 Å². The Morgan fingerprint density at radius 3 is 2.42 bits per heavy atom. The third kappa shape index (κ3) is 2.73. The summed E-state index contributed by atoms with van der Waals surface area (Å²) in [6.45, 7) is 0. The fraction of sp³-hybridized carbons (Fsp3) is 0.0625. The van der Waals surface area contributed by atoms with Gasteiger partial charge < -0.3 is 10.1 Å². The van der Waals surface area contributed by atoms with Crippen LogP contribution in [-0.4, -0.2) is 17.8 Å². The maximum Gasteiger partial charge on any atom is 0.416 e. The lowest BCUT2D eigenvalue weighted by molar-refractivity contribution is -0.137. The highest BCUT2D eigenvalue weighted by molar-refractivity contribution is 6.21. The largest absolute Gasteiger partial charge is 0.416 e. The van der Waals surface area contributed by atoms with Gasteiger partial charge in [0.1, 0.15) is 0 Å². The van der Waals surface area contributed by atoms with Gasteiger partial charge in [0.05, 0.1) is 22.3 Å². The van der Waals surface area contributed by atoms with Crippen molar-refractivity contribution in [3.63, 3.8) is 0 Å². The van der Waals surface area contributed by atoms with E-state index >= 15 is 0 Å². The number of anilines is 1. The van der Waals surface area contributed by atoms with Crippen LogP contribution < -0.4 is 5.32 Å². The Kier molecular flexibility index (Phi) is 3.59. The van der Waals surface area contributed by atoms with E-state index in [9.17, 15) is 27.6 Å². The monoisotopic (exact) mass is 335 g/mol. The molecule has 0 saturated heterocycles. The minimum atomic E-state index is -4.55. The van der Waals surface area contributed by atoms with Gasteiger partial charge in [-0.15, -0.1) is 0 Å². The number of benzene rings is 2. The molecule has 0 aromatic heterocycles. The topological polar surface area (TPSA) is 72.5 Å². The molecular weight excluding hydrogens is 327 g/mol. The molecule has 2 aromatic rings. The van der Waals surface area contributed by atoms with Gasteiger partial charge in [0, 0.05) is 5.69 Å². The van der Waals surface area contributed by atoms with E-state index in [4.69, 9.17) is 0 Å². The summed E-state index contributed by atoms with van der Waals surface area (Å²) in [5, 5.41) is 2.28. The first kappa shape index (κ1) is 15.7. The lowest BCUT2D eigenvalue weighted by atomic mass is 10.0. The zero-order valence-electron chi connectivity index (χ0n) is 11.8. The van der Waals surface area contributed by atoms with E-state index in [1.807, 2.05) is 0 Å². The van der Waals surface area contributed by atoms with Gasteiger partial charge in [0.2, 0.25) is 0 Å². The summed E-state index contributed by atoms with van der Waals surface area (Å²) in [5.41, 5.74) is -1.43. The summed E-state index contributed by atoms with van der Waals surface area (Å²) in [5.74, 6) is -2.66. The smallest absolute Gasteiger partial charge is 0.386 e. The molecule has 1 amide bonds. The molecule has 8 heteroatoms. The van der Waals surface area contributed by atoms with Crippen molar-refractivity contribution in [1.29, 1.82) is 0 Å². The zero-order valence-corrected chi connectivity index (χ0v) is 11.8. The van der Waals surface area contributed by atoms with E-state index in [1.54, 1.807) is 0 Å². The SMILES string of the molecule is O=C(Nc1cccc(C(F)(F)F)c1)c1cccc2c1C(=O)OC2=O. The Morgan fingerprint density at radius 2 is 1.71 bits per heavy atom. The number of cyclic esters (lactones) is 2. The molecule has 24 heavy (non-hydrogen) atoms. The summed E-state index contributed by atoms with van der Waals surface area (Å²) in [6.07, 6.45) is -4.55. The van der Waals surface area contributed by atoms with Gasteiger partial charge in [-0.2, -0.15) is 13.2 Å². The molecule has 0 bridgehead atoms. The number of carbonyl (C=O) groups is 3. The van der Waals surface area contributed by atoms with E-state index in [-0.39, 0.29) is 22.4 Å². The molecule has 0 atom stereocenters. The van der Waals surface area contributed by atoms with E-state index in [0.29, 0.717) is 0 Å². The summed E-state index contributed by atoms with van der Waals surface area (Å²) in [6, 6.07) is 8.03. The molecule has 0 radical (unpaired) electrons. The highest BCUT2D eigenvalue weighted by atomic mass is 19.4. The molecule has 1 N–H and O–H groups in total. The average molecular weight is 335 g/mol. The normalized spacial score (nSPS) is 13.5. The number of halogens is 3. The minimum absolute atomic E-state index is 0.0586. The van der Waals surface area contributed by atoms with Crippen molar-refractivity contribution in [2.24, 2.45) is 0 Å². The van der Waals surface area contributed by atoms with Crippen LogP contribution in [0.5, 0.6) is 0 Å². The van der Waals surface area contributed by atoms with Crippen molar-refractivity contribution in [2.45, 2.75) is 6.18 Å². The Bertz CT molecular complexity index is 874. The lowest BCUT2D eigenvalue weighted by Gasteiger charge is -2.10. The number of amides is 1. The summed E-state index contributed by atoms with van der Waals surface area (Å²) >= 11 is 0. The Labute approximate surface area is 133 Å². The fourth-order valence-corrected chi connectivity index (χ4v) is 2.29. The molecule has 3 rings (SSSR count). The third-order valence-corrected chi connectivity index (χ3v) is 3.37. The van der Waals surface area contributed by atoms with Crippen molar-refractivity contribution in [1.82, 2.24) is 0 Å². The van der Waals surface area contributed by atoms with Gasteiger partial charge in [-0.1, -0.05) is 12.1 Å². The van der Waals surface area contributed by atoms with Gasteiger partial charge in [0.25, 0.3) is 5.91 Å². The Balaban J connectivity index is 1.93. The van der Waals surface area contributed by atoms with Crippen molar-refractivity contribution < 1.29 is 32.3 Å². The third-order valence-electron chi connectivity index (χ3n) is 3.37. The maximum atomic E-state index is 12.7. The lowest BCUT2D eigenvalue weighted by Crippen LogP contribution is -2.16. The number of hydrogen-bond acceptors (Lipinski definition) is 4. The molecule has 0 aliphatic carbocycles. The van der Waals surface area contributed by atoms with Gasteiger partial charge >= 0.3 is 18.1 Å². The number of esters is 2. The van der Waals surface area contributed by atoms with Crippen LogP contribution in [0.15, 0.2) is 42.5 Å². The standard InChI is InChI=1S/C16H8F3NO4/c17-16(18,19)8-3-1-4-9(7-8)20-13(21)10-5-2-6-11-12(10)15(23)24-14(11)22/h1-7H,(H,20,21). The number of ether oxygens (including phenoxy) is 1. The first-order valence-corrected chi connectivity index (χ1v) is 6.65. The second kappa shape index (κ2) is 5.48. The molecule has 2 aromatic carbocycles. The van der Waals surface area contributed by atoms with Gasteiger partial charge in [-0.3, -0.25) is 4.79 Å². The quantitative estimate of drug-likeness (QED) is 0.675. The second-order valence-electron chi connectivity index (χ2n) is 4.94. The van der Waals surface area contributed by atoms with E-state index in [1.165, 1.54) is 24.3 Å². The number of hydrogen-bond donors (Lipinski definition) is 1. The van der Waals surface area contributed by atoms with Crippen LogP contribution in [0.4, 0.5) is 18.9 Å². The van der Waals surface area contributed by atoms with Crippen molar-refractivity contribution in [3.05, 3.63) is 64.7 Å². The van der Waals surface area contributed by atoms with Crippen LogP contribution in [0, 0.1) is 0 Å². The first-order valence-electron chi connectivity index (χ1n) is 6.65. The summed E-state index contributed by atoms with van der Waals surface area (Å²) in [7, 11) is 0. The zero-order chi connectivity index (χ0) is 17.5. The molecular formula is C16H8F3NO4. The Morgan fingerprint density at radius 1 is 1.00 bits per heavy atom. The predicted molar refractivity (Wildman–Crippen MR) is 75.6 cm³/mol. The van der Waals surface area contributed by atoms with E-state index < -0.39 is 29.6 Å². The van der Waals surface area contributed by atoms with Crippen LogP contribution in [0.2, 0.25) is 0 Å². The molecule has 1 aliphatic rings. The molecule has 1 heterocycles. The minimum Gasteiger partial charge on any atom is -0.386 e. The average Bonchev–Trinajstić information content (AvgIpc) is 2.81. The van der Waals surface area contributed by atoms with Crippen LogP contribution in [0.25, 0.3) is 0 Å². The fourth-order valence-electron chi connectivity index (χ4n) is 2.29. The van der Waals surface area contributed by atoms with Crippen LogP contribution in [-0.2, 0) is 10.9 Å². The number of carbonyl (C=O) groups excluding carboxylic acids is 3. The second-order valence-corrected chi connectivity index (χ2v) is 4.94. The molecule has 122 valence electrons. The molecule has 5 nitrogen and oxygen atoms in total. The summed E-state index contributed by atoms with van der Waals surface area (Å²) in [4.78, 5) is 35.4. The summed E-state index contributed by atoms with van der Waals surface area (Å²) < 4.78 is 42.5. The number of nitrogens with one attached hydrogen (secondary N) is 1. The highest BCUT2D eigenvalue weighted by Gasteiger charge is 2.34.